The Bertz CT molecular complexity index is 304. The van der Waals surface area contributed by atoms with Gasteiger partial charge in [-0.15, -0.1) is 0 Å². The summed E-state index contributed by atoms with van der Waals surface area (Å²) >= 11 is 0. The Labute approximate surface area is 87.0 Å². The van der Waals surface area contributed by atoms with Gasteiger partial charge in [0.25, 0.3) is 10.1 Å². The molecule has 1 atom stereocenters. The van der Waals surface area contributed by atoms with Crippen LogP contribution in [-0.2, 0) is 19.7 Å². The van der Waals surface area contributed by atoms with Crippen molar-refractivity contribution in [2.45, 2.75) is 18.9 Å². The van der Waals surface area contributed by atoms with E-state index < -0.39 is 28.0 Å². The van der Waals surface area contributed by atoms with Gasteiger partial charge < -0.3 is 16.6 Å². The predicted molar refractivity (Wildman–Crippen MR) is 51.5 cm³/mol. The number of hydrogen-bond donors (Lipinski definition) is 4. The van der Waals surface area contributed by atoms with E-state index in [1.807, 2.05) is 0 Å². The quantitative estimate of drug-likeness (QED) is 0.421. The van der Waals surface area contributed by atoms with E-state index in [1.54, 1.807) is 0 Å². The van der Waals surface area contributed by atoms with E-state index in [1.165, 1.54) is 0 Å². The first-order valence-electron chi connectivity index (χ1n) is 3.73. The van der Waals surface area contributed by atoms with E-state index in [4.69, 9.17) is 21.1 Å². The van der Waals surface area contributed by atoms with Crippen molar-refractivity contribution in [3.63, 3.8) is 0 Å². The molecule has 6 N–H and O–H groups in total. The molecule has 0 saturated carbocycles. The summed E-state index contributed by atoms with van der Waals surface area (Å²) in [7, 11) is -3.67. The molecule has 0 aromatic rings. The molecule has 90 valence electrons. The third-order valence-electron chi connectivity index (χ3n) is 1.02. The van der Waals surface area contributed by atoms with Gasteiger partial charge in [-0.05, 0) is 6.42 Å². The monoisotopic (exact) mass is 242 g/mol. The SMILES string of the molecule is CS(=O)(=O)O.NC(=O)CCC(N)C(=O)O. The third-order valence-corrected chi connectivity index (χ3v) is 1.02. The van der Waals surface area contributed by atoms with Crippen molar-refractivity contribution in [3.05, 3.63) is 0 Å². The van der Waals surface area contributed by atoms with Crippen LogP contribution in [-0.4, -0.2) is 42.3 Å². The van der Waals surface area contributed by atoms with E-state index in [2.05, 4.69) is 0 Å². The lowest BCUT2D eigenvalue weighted by Gasteiger charge is -2.01. The Hall–Kier alpha value is -1.19. The fourth-order valence-corrected chi connectivity index (χ4v) is 0.421. The van der Waals surface area contributed by atoms with Gasteiger partial charge in [-0.2, -0.15) is 8.42 Å². The summed E-state index contributed by atoms with van der Waals surface area (Å²) in [6.45, 7) is 0. The first-order chi connectivity index (χ1) is 6.54. The highest BCUT2D eigenvalue weighted by atomic mass is 32.2. The van der Waals surface area contributed by atoms with Crippen molar-refractivity contribution >= 4 is 22.0 Å². The smallest absolute Gasteiger partial charge is 0.320 e. The van der Waals surface area contributed by atoms with Crippen LogP contribution in [0.1, 0.15) is 12.8 Å². The molecular formula is C6H14N2O6S. The number of aliphatic carboxylic acids is 1. The van der Waals surface area contributed by atoms with E-state index in [0.717, 1.165) is 0 Å². The van der Waals surface area contributed by atoms with Crippen molar-refractivity contribution in [2.75, 3.05) is 6.26 Å². The van der Waals surface area contributed by atoms with E-state index in [0.29, 0.717) is 6.26 Å². The molecule has 0 aliphatic carbocycles. The van der Waals surface area contributed by atoms with Gasteiger partial charge >= 0.3 is 5.97 Å². The highest BCUT2D eigenvalue weighted by molar-refractivity contribution is 7.85. The second-order valence-electron chi connectivity index (χ2n) is 2.68. The van der Waals surface area contributed by atoms with Gasteiger partial charge in [0.05, 0.1) is 6.26 Å². The Kier molecular flexibility index (Phi) is 7.74. The third kappa shape index (κ3) is 24.5. The van der Waals surface area contributed by atoms with E-state index in [-0.39, 0.29) is 12.8 Å². The number of carbonyl (C=O) groups excluding carboxylic acids is 1. The molecule has 0 aromatic carbocycles. The second-order valence-corrected chi connectivity index (χ2v) is 4.15. The molecular weight excluding hydrogens is 228 g/mol. The van der Waals surface area contributed by atoms with E-state index in [9.17, 15) is 18.0 Å². The standard InChI is InChI=1S/C5H10N2O3.CH4O3S/c6-3(5(9)10)1-2-4(7)8;1-5(2,3)4/h3H,1-2,6H2,(H2,7,8)(H,9,10);1H3,(H,2,3,4). The van der Waals surface area contributed by atoms with Crippen LogP contribution in [0.3, 0.4) is 0 Å². The number of carboxylic acid groups (broad SMARTS) is 1. The maximum atomic E-state index is 10.1. The first-order valence-corrected chi connectivity index (χ1v) is 5.58. The van der Waals surface area contributed by atoms with Crippen molar-refractivity contribution in [1.29, 1.82) is 0 Å². The lowest BCUT2D eigenvalue weighted by Crippen LogP contribution is -2.31. The summed E-state index contributed by atoms with van der Waals surface area (Å²) in [6.07, 6.45) is 0.838. The number of nitrogens with two attached hydrogens (primary N) is 2. The number of amides is 1. The highest BCUT2D eigenvalue weighted by Gasteiger charge is 2.11. The molecule has 0 saturated heterocycles. The molecule has 0 rings (SSSR count). The van der Waals surface area contributed by atoms with Crippen molar-refractivity contribution < 1.29 is 27.7 Å². The molecule has 0 spiro atoms. The predicted octanol–water partition coefficient (Wildman–Crippen LogP) is -1.83. The minimum Gasteiger partial charge on any atom is -0.480 e. The summed E-state index contributed by atoms with van der Waals surface area (Å²) in [5, 5.41) is 8.22. The zero-order valence-corrected chi connectivity index (χ0v) is 8.90. The minimum absolute atomic E-state index is 0.0213. The second kappa shape index (κ2) is 7.15. The Balaban J connectivity index is 0. The molecule has 0 radical (unpaired) electrons. The van der Waals surface area contributed by atoms with Crippen LogP contribution in [0.25, 0.3) is 0 Å². The Morgan fingerprint density at radius 3 is 1.93 bits per heavy atom. The van der Waals surface area contributed by atoms with Crippen LogP contribution in [0.4, 0.5) is 0 Å². The Morgan fingerprint density at radius 2 is 1.73 bits per heavy atom. The lowest BCUT2D eigenvalue weighted by atomic mass is 10.2. The molecule has 8 nitrogen and oxygen atoms in total. The van der Waals surface area contributed by atoms with Crippen molar-refractivity contribution in [3.8, 4) is 0 Å². The molecule has 0 aliphatic heterocycles. The topological polar surface area (TPSA) is 161 Å². The van der Waals surface area contributed by atoms with Crippen molar-refractivity contribution in [1.82, 2.24) is 0 Å². The summed E-state index contributed by atoms with van der Waals surface area (Å²) < 4.78 is 25.9. The largest absolute Gasteiger partial charge is 0.480 e. The van der Waals surface area contributed by atoms with Crippen LogP contribution < -0.4 is 11.5 Å². The number of carboxylic acids is 1. The van der Waals surface area contributed by atoms with Crippen LogP contribution >= 0.6 is 0 Å². The molecule has 0 bridgehead atoms. The van der Waals surface area contributed by atoms with E-state index >= 15 is 0 Å². The first kappa shape index (κ1) is 16.2. The fourth-order valence-electron chi connectivity index (χ4n) is 0.421. The maximum Gasteiger partial charge on any atom is 0.320 e. The van der Waals surface area contributed by atoms with Crippen LogP contribution in [0, 0.1) is 0 Å². The minimum atomic E-state index is -3.67. The number of hydrogen-bond acceptors (Lipinski definition) is 5. The van der Waals surface area contributed by atoms with Gasteiger partial charge in [-0.1, -0.05) is 0 Å². The summed E-state index contributed by atoms with van der Waals surface area (Å²) in [5.41, 5.74) is 9.81. The molecule has 0 aliphatic rings. The number of carbonyl (C=O) groups is 2. The van der Waals surface area contributed by atoms with Gasteiger partial charge in [-0.3, -0.25) is 14.1 Å². The molecule has 0 heterocycles. The summed E-state index contributed by atoms with van der Waals surface area (Å²) in [6, 6.07) is -0.979. The molecule has 15 heavy (non-hydrogen) atoms. The summed E-state index contributed by atoms with van der Waals surface area (Å²) in [5.74, 6) is -1.64. The van der Waals surface area contributed by atoms with Gasteiger partial charge in [0.15, 0.2) is 0 Å². The average molecular weight is 242 g/mol. The zero-order chi connectivity index (χ0) is 12.6. The van der Waals surface area contributed by atoms with Crippen LogP contribution in [0.15, 0.2) is 0 Å². The fraction of sp³-hybridized carbons (Fsp3) is 0.667. The number of primary amides is 1. The molecule has 1 unspecified atom stereocenters. The molecule has 0 fully saturated rings. The average Bonchev–Trinajstić information content (AvgIpc) is 1.96. The van der Waals surface area contributed by atoms with Crippen LogP contribution in [0.2, 0.25) is 0 Å². The normalized spacial score (nSPS) is 12.2. The zero-order valence-electron chi connectivity index (χ0n) is 8.08. The number of rotatable bonds is 4. The summed E-state index contributed by atoms with van der Waals surface area (Å²) in [4.78, 5) is 20.1. The van der Waals surface area contributed by atoms with Gasteiger partial charge in [0, 0.05) is 6.42 Å². The molecule has 0 aromatic heterocycles. The Morgan fingerprint density at radius 1 is 1.40 bits per heavy atom. The van der Waals surface area contributed by atoms with Crippen LogP contribution in [0.5, 0.6) is 0 Å². The molecule has 9 heteroatoms. The maximum absolute atomic E-state index is 10.1. The lowest BCUT2D eigenvalue weighted by molar-refractivity contribution is -0.138. The van der Waals surface area contributed by atoms with Gasteiger partial charge in [0.1, 0.15) is 6.04 Å². The highest BCUT2D eigenvalue weighted by Crippen LogP contribution is 1.92. The van der Waals surface area contributed by atoms with Gasteiger partial charge in [-0.25, -0.2) is 0 Å². The van der Waals surface area contributed by atoms with Gasteiger partial charge in [0.2, 0.25) is 5.91 Å². The molecule has 1 amide bonds. The van der Waals surface area contributed by atoms with Crippen molar-refractivity contribution in [2.24, 2.45) is 11.5 Å².